The van der Waals surface area contributed by atoms with Gasteiger partial charge in [0.1, 0.15) is 5.69 Å². The normalized spacial score (nSPS) is 10.5. The van der Waals surface area contributed by atoms with E-state index < -0.39 is 0 Å². The topological polar surface area (TPSA) is 62.3 Å². The van der Waals surface area contributed by atoms with Crippen molar-refractivity contribution in [1.82, 2.24) is 9.78 Å². The Morgan fingerprint density at radius 3 is 2.58 bits per heavy atom. The van der Waals surface area contributed by atoms with E-state index in [1.54, 1.807) is 11.8 Å². The number of methoxy groups -OCH3 is 1. The predicted octanol–water partition coefficient (Wildman–Crippen LogP) is 2.76. The molecule has 2 N–H and O–H groups in total. The summed E-state index contributed by atoms with van der Waals surface area (Å²) in [4.78, 5) is 0. The maximum atomic E-state index is 6.08. The first-order valence-corrected chi connectivity index (χ1v) is 6.29. The van der Waals surface area contributed by atoms with Gasteiger partial charge in [-0.3, -0.25) is 0 Å². The van der Waals surface area contributed by atoms with Gasteiger partial charge < -0.3 is 15.2 Å². The highest BCUT2D eigenvalue weighted by Gasteiger charge is 2.16. The van der Waals surface area contributed by atoms with Gasteiger partial charge in [-0.25, -0.2) is 4.68 Å². The van der Waals surface area contributed by atoms with E-state index in [4.69, 9.17) is 15.2 Å². The Kier molecular flexibility index (Phi) is 3.94. The highest BCUT2D eigenvalue weighted by atomic mass is 16.5. The molecule has 1 aromatic heterocycles. The van der Waals surface area contributed by atoms with E-state index in [0.717, 1.165) is 18.5 Å². The zero-order valence-electron chi connectivity index (χ0n) is 11.5. The van der Waals surface area contributed by atoms with E-state index in [2.05, 4.69) is 12.0 Å². The zero-order chi connectivity index (χ0) is 13.8. The molecule has 0 aliphatic carbocycles. The first-order chi connectivity index (χ1) is 9.17. The van der Waals surface area contributed by atoms with Gasteiger partial charge in [-0.15, -0.1) is 0 Å². The molecule has 0 spiro atoms. The van der Waals surface area contributed by atoms with E-state index in [1.807, 2.05) is 31.3 Å². The summed E-state index contributed by atoms with van der Waals surface area (Å²) in [6, 6.07) is 7.46. The fourth-order valence-electron chi connectivity index (χ4n) is 1.93. The number of hydrogen-bond donors (Lipinski definition) is 1. The fourth-order valence-corrected chi connectivity index (χ4v) is 1.93. The number of nitrogens with zero attached hydrogens (tertiary/aromatic N) is 2. The van der Waals surface area contributed by atoms with Gasteiger partial charge in [-0.1, -0.05) is 25.5 Å². The molecule has 0 fully saturated rings. The molecule has 0 bridgehead atoms. The second-order valence-corrected chi connectivity index (χ2v) is 4.29. The molecule has 0 aliphatic rings. The molecule has 1 heterocycles. The number of nitrogens with two attached hydrogens (primary N) is 1. The number of hydrogen-bond acceptors (Lipinski definition) is 4. The maximum Gasteiger partial charge on any atom is 0.241 e. The lowest BCUT2D eigenvalue weighted by molar-refractivity contribution is 0.366. The second-order valence-electron chi connectivity index (χ2n) is 4.29. The lowest BCUT2D eigenvalue weighted by Gasteiger charge is -2.10. The lowest BCUT2D eigenvalue weighted by atomic mass is 10.2. The molecule has 0 amide bonds. The van der Waals surface area contributed by atoms with Crippen LogP contribution in [0.2, 0.25) is 0 Å². The highest BCUT2D eigenvalue weighted by Crippen LogP contribution is 2.35. The summed E-state index contributed by atoms with van der Waals surface area (Å²) in [5, 5.41) is 4.38. The number of nitrogen functional groups attached to an aromatic ring is 1. The van der Waals surface area contributed by atoms with Crippen molar-refractivity contribution in [2.75, 3.05) is 12.8 Å². The van der Waals surface area contributed by atoms with Crippen molar-refractivity contribution in [2.45, 2.75) is 19.8 Å². The minimum atomic E-state index is 0.549. The highest BCUT2D eigenvalue weighted by molar-refractivity contribution is 5.55. The molecule has 102 valence electrons. The number of aromatic nitrogens is 2. The summed E-state index contributed by atoms with van der Waals surface area (Å²) in [5.41, 5.74) is 7.54. The van der Waals surface area contributed by atoms with Crippen LogP contribution in [-0.2, 0) is 13.5 Å². The van der Waals surface area contributed by atoms with Gasteiger partial charge in [0.05, 0.1) is 12.8 Å². The summed E-state index contributed by atoms with van der Waals surface area (Å²) < 4.78 is 12.8. The van der Waals surface area contributed by atoms with Crippen molar-refractivity contribution in [1.29, 1.82) is 0 Å². The van der Waals surface area contributed by atoms with Crippen LogP contribution in [0.25, 0.3) is 0 Å². The molecule has 19 heavy (non-hydrogen) atoms. The lowest BCUT2D eigenvalue weighted by Crippen LogP contribution is -1.98. The minimum Gasteiger partial charge on any atom is -0.493 e. The van der Waals surface area contributed by atoms with Crippen LogP contribution in [0.5, 0.6) is 17.4 Å². The summed E-state index contributed by atoms with van der Waals surface area (Å²) >= 11 is 0. The average Bonchev–Trinajstić information content (AvgIpc) is 2.68. The second kappa shape index (κ2) is 5.65. The number of rotatable bonds is 5. The summed E-state index contributed by atoms with van der Waals surface area (Å²) in [6.07, 6.45) is 1.84. The molecule has 0 saturated carbocycles. The molecular weight excluding hydrogens is 242 g/mol. The molecule has 2 aromatic rings. The number of ether oxygens (including phenoxy) is 2. The zero-order valence-corrected chi connectivity index (χ0v) is 11.5. The predicted molar refractivity (Wildman–Crippen MR) is 74.7 cm³/mol. The Morgan fingerprint density at radius 1 is 1.26 bits per heavy atom. The molecular formula is C14H19N3O2. The molecule has 0 unspecified atom stereocenters. The van der Waals surface area contributed by atoms with Crippen molar-refractivity contribution in [3.05, 3.63) is 30.0 Å². The third-order valence-corrected chi connectivity index (χ3v) is 2.87. The van der Waals surface area contributed by atoms with Gasteiger partial charge in [0.25, 0.3) is 0 Å². The van der Waals surface area contributed by atoms with Gasteiger partial charge in [0, 0.05) is 7.05 Å². The van der Waals surface area contributed by atoms with Crippen LogP contribution in [0, 0.1) is 0 Å². The Hall–Kier alpha value is -2.17. The molecule has 5 nitrogen and oxygen atoms in total. The van der Waals surface area contributed by atoms with Crippen molar-refractivity contribution < 1.29 is 9.47 Å². The van der Waals surface area contributed by atoms with Crippen LogP contribution in [0.4, 0.5) is 5.69 Å². The average molecular weight is 261 g/mol. The van der Waals surface area contributed by atoms with Crippen LogP contribution in [0.3, 0.4) is 0 Å². The van der Waals surface area contributed by atoms with Crippen LogP contribution in [-0.4, -0.2) is 16.9 Å². The first kappa shape index (κ1) is 13.3. The molecule has 0 saturated heterocycles. The Bertz CT molecular complexity index is 564. The number of anilines is 1. The smallest absolute Gasteiger partial charge is 0.241 e. The molecule has 2 rings (SSSR count). The van der Waals surface area contributed by atoms with Crippen LogP contribution in [0.1, 0.15) is 19.0 Å². The molecule has 0 atom stereocenters. The molecule has 0 radical (unpaired) electrons. The summed E-state index contributed by atoms with van der Waals surface area (Å²) in [7, 11) is 3.43. The maximum absolute atomic E-state index is 6.08. The Labute approximate surface area is 112 Å². The third-order valence-electron chi connectivity index (χ3n) is 2.87. The van der Waals surface area contributed by atoms with Crippen molar-refractivity contribution in [2.24, 2.45) is 7.05 Å². The Morgan fingerprint density at radius 2 is 1.95 bits per heavy atom. The van der Waals surface area contributed by atoms with E-state index in [9.17, 15) is 0 Å². The quantitative estimate of drug-likeness (QED) is 0.899. The third kappa shape index (κ3) is 2.65. The number of para-hydroxylation sites is 2. The molecule has 1 aromatic carbocycles. The van der Waals surface area contributed by atoms with Crippen LogP contribution < -0.4 is 15.2 Å². The fraction of sp³-hybridized carbons (Fsp3) is 0.357. The van der Waals surface area contributed by atoms with Gasteiger partial charge >= 0.3 is 0 Å². The van der Waals surface area contributed by atoms with Crippen molar-refractivity contribution in [3.63, 3.8) is 0 Å². The van der Waals surface area contributed by atoms with E-state index in [1.165, 1.54) is 0 Å². The monoisotopic (exact) mass is 261 g/mol. The van der Waals surface area contributed by atoms with E-state index in [0.29, 0.717) is 23.1 Å². The van der Waals surface area contributed by atoms with Gasteiger partial charge in [-0.05, 0) is 18.6 Å². The van der Waals surface area contributed by atoms with Gasteiger partial charge in [-0.2, -0.15) is 5.10 Å². The van der Waals surface area contributed by atoms with Crippen LogP contribution >= 0.6 is 0 Å². The van der Waals surface area contributed by atoms with E-state index >= 15 is 0 Å². The largest absolute Gasteiger partial charge is 0.493 e. The minimum absolute atomic E-state index is 0.549. The summed E-state index contributed by atoms with van der Waals surface area (Å²) in [5.74, 6) is 1.84. The van der Waals surface area contributed by atoms with Crippen molar-refractivity contribution in [3.8, 4) is 17.4 Å². The number of aryl methyl sites for hydroxylation is 2. The standard InChI is InChI=1S/C14H19N3O2/c1-4-7-10-13(15)14(17(2)16-10)19-12-9-6-5-8-11(12)18-3/h5-6,8-9H,4,7,15H2,1-3H3. The first-order valence-electron chi connectivity index (χ1n) is 6.29. The van der Waals surface area contributed by atoms with Crippen molar-refractivity contribution >= 4 is 5.69 Å². The molecule has 5 heteroatoms. The van der Waals surface area contributed by atoms with Gasteiger partial charge in [0.15, 0.2) is 11.5 Å². The Balaban J connectivity index is 2.33. The SMILES string of the molecule is CCCc1nn(C)c(Oc2ccccc2OC)c1N. The summed E-state index contributed by atoms with van der Waals surface area (Å²) in [6.45, 7) is 2.09. The number of benzene rings is 1. The van der Waals surface area contributed by atoms with E-state index in [-0.39, 0.29) is 0 Å². The van der Waals surface area contributed by atoms with Gasteiger partial charge in [0.2, 0.25) is 5.88 Å². The van der Waals surface area contributed by atoms with Crippen LogP contribution in [0.15, 0.2) is 24.3 Å². The molecule has 0 aliphatic heterocycles.